The number of carbonyl (C=O) groups is 1. The van der Waals surface area contributed by atoms with Crippen LogP contribution in [0.2, 0.25) is 0 Å². The van der Waals surface area contributed by atoms with Gasteiger partial charge in [0.05, 0.1) is 21.6 Å². The molecule has 7 nitrogen and oxygen atoms in total. The van der Waals surface area contributed by atoms with E-state index in [0.717, 1.165) is 28.7 Å². The number of hydrogen-bond donors (Lipinski definition) is 1. The summed E-state index contributed by atoms with van der Waals surface area (Å²) in [6, 6.07) is 4.14. The predicted molar refractivity (Wildman–Crippen MR) is 102 cm³/mol. The van der Waals surface area contributed by atoms with Crippen LogP contribution >= 0.6 is 23.1 Å². The minimum atomic E-state index is -3.00. The van der Waals surface area contributed by atoms with Crippen LogP contribution in [0.3, 0.4) is 0 Å². The van der Waals surface area contributed by atoms with Gasteiger partial charge in [0.1, 0.15) is 0 Å². The molecule has 140 valence electrons. The summed E-state index contributed by atoms with van der Waals surface area (Å²) >= 11 is 3.01. The summed E-state index contributed by atoms with van der Waals surface area (Å²) in [5.41, 5.74) is 0. The van der Waals surface area contributed by atoms with E-state index in [1.54, 1.807) is 11.3 Å². The first-order chi connectivity index (χ1) is 12.4. The maximum absolute atomic E-state index is 12.5. The Morgan fingerprint density at radius 1 is 1.38 bits per heavy atom. The molecule has 2 aromatic heterocycles. The molecular formula is C16H20N4O3S3. The van der Waals surface area contributed by atoms with Crippen LogP contribution in [-0.4, -0.2) is 51.9 Å². The standard InChI is InChI=1S/C16H20N4O3S3/c1-10(15(21)17-11-6-8-26(22,23)9-11)25-16-19-18-14(13-3-2-7-24-13)20(16)12-4-5-12/h2-3,7,10-12H,4-6,8-9H2,1H3,(H,17,21)/t10-,11-/m0/s1. The van der Waals surface area contributed by atoms with Gasteiger partial charge in [0.15, 0.2) is 20.8 Å². The minimum Gasteiger partial charge on any atom is -0.351 e. The minimum absolute atomic E-state index is 0.0386. The number of amides is 1. The smallest absolute Gasteiger partial charge is 0.233 e. The zero-order valence-electron chi connectivity index (χ0n) is 14.3. The van der Waals surface area contributed by atoms with Crippen molar-refractivity contribution in [3.8, 4) is 10.7 Å². The van der Waals surface area contributed by atoms with Gasteiger partial charge in [-0.05, 0) is 37.6 Å². The number of rotatable bonds is 6. The first-order valence-electron chi connectivity index (χ1n) is 8.59. The molecule has 1 saturated carbocycles. The molecule has 0 aromatic carbocycles. The number of thioether (sulfide) groups is 1. The Kier molecular flexibility index (Phi) is 4.83. The maximum atomic E-state index is 12.5. The summed E-state index contributed by atoms with van der Waals surface area (Å²) in [5, 5.41) is 13.9. The molecular weight excluding hydrogens is 392 g/mol. The molecule has 0 bridgehead atoms. The number of nitrogens with one attached hydrogen (secondary N) is 1. The van der Waals surface area contributed by atoms with Crippen LogP contribution < -0.4 is 5.32 Å². The van der Waals surface area contributed by atoms with Gasteiger partial charge in [-0.1, -0.05) is 17.8 Å². The topological polar surface area (TPSA) is 93.9 Å². The molecule has 10 heteroatoms. The number of thiophene rings is 1. The second-order valence-corrected chi connectivity index (χ2v) is 11.2. The number of aromatic nitrogens is 3. The zero-order valence-corrected chi connectivity index (χ0v) is 16.7. The molecule has 2 aromatic rings. The molecule has 1 amide bonds. The van der Waals surface area contributed by atoms with Crippen molar-refractivity contribution in [2.75, 3.05) is 11.5 Å². The summed E-state index contributed by atoms with van der Waals surface area (Å²) < 4.78 is 25.2. The number of hydrogen-bond acceptors (Lipinski definition) is 7. The normalized spacial score (nSPS) is 23.0. The molecule has 2 fully saturated rings. The van der Waals surface area contributed by atoms with Crippen LogP contribution in [0.25, 0.3) is 10.7 Å². The molecule has 3 heterocycles. The summed E-state index contributed by atoms with van der Waals surface area (Å²) in [6.45, 7) is 1.82. The number of nitrogens with zero attached hydrogens (tertiary/aromatic N) is 3. The molecule has 0 radical (unpaired) electrons. The van der Waals surface area contributed by atoms with Crippen molar-refractivity contribution in [1.29, 1.82) is 0 Å². The van der Waals surface area contributed by atoms with Gasteiger partial charge in [-0.15, -0.1) is 21.5 Å². The van der Waals surface area contributed by atoms with Gasteiger partial charge in [-0.2, -0.15) is 0 Å². The average molecular weight is 413 g/mol. The van der Waals surface area contributed by atoms with E-state index in [1.165, 1.54) is 11.8 Å². The van der Waals surface area contributed by atoms with E-state index >= 15 is 0 Å². The van der Waals surface area contributed by atoms with E-state index in [4.69, 9.17) is 0 Å². The fourth-order valence-corrected chi connectivity index (χ4v) is 6.34. The fourth-order valence-electron chi connectivity index (χ4n) is 3.03. The molecule has 2 aliphatic rings. The van der Waals surface area contributed by atoms with Crippen molar-refractivity contribution in [1.82, 2.24) is 20.1 Å². The third-order valence-electron chi connectivity index (χ3n) is 4.55. The van der Waals surface area contributed by atoms with Crippen molar-refractivity contribution in [2.24, 2.45) is 0 Å². The lowest BCUT2D eigenvalue weighted by molar-refractivity contribution is -0.120. The molecule has 1 aliphatic carbocycles. The Morgan fingerprint density at radius 2 is 2.19 bits per heavy atom. The molecule has 2 atom stereocenters. The van der Waals surface area contributed by atoms with Crippen LogP contribution in [0.15, 0.2) is 22.7 Å². The number of carbonyl (C=O) groups excluding carboxylic acids is 1. The highest BCUT2D eigenvalue weighted by Crippen LogP contribution is 2.42. The lowest BCUT2D eigenvalue weighted by Crippen LogP contribution is -2.40. The predicted octanol–water partition coefficient (Wildman–Crippen LogP) is 2.13. The second-order valence-electron chi connectivity index (χ2n) is 6.75. The Labute approximate surface area is 160 Å². The Hall–Kier alpha value is -1.39. The lowest BCUT2D eigenvalue weighted by Gasteiger charge is -2.16. The van der Waals surface area contributed by atoms with Crippen LogP contribution in [0.1, 0.15) is 32.2 Å². The molecule has 0 spiro atoms. The highest BCUT2D eigenvalue weighted by Gasteiger charge is 2.33. The SMILES string of the molecule is C[C@H](Sc1nnc(-c2cccs2)n1C1CC1)C(=O)N[C@H]1CCS(=O)(=O)C1. The second kappa shape index (κ2) is 6.97. The van der Waals surface area contributed by atoms with E-state index in [2.05, 4.69) is 20.1 Å². The van der Waals surface area contributed by atoms with Crippen molar-refractivity contribution < 1.29 is 13.2 Å². The molecule has 4 rings (SSSR count). The fraction of sp³-hybridized carbons (Fsp3) is 0.562. The van der Waals surface area contributed by atoms with Gasteiger partial charge >= 0.3 is 0 Å². The first-order valence-corrected chi connectivity index (χ1v) is 12.2. The Balaban J connectivity index is 1.46. The largest absolute Gasteiger partial charge is 0.351 e. The van der Waals surface area contributed by atoms with Crippen LogP contribution in [0.5, 0.6) is 0 Å². The molecule has 26 heavy (non-hydrogen) atoms. The van der Waals surface area contributed by atoms with Gasteiger partial charge in [-0.25, -0.2) is 8.42 Å². The van der Waals surface area contributed by atoms with Crippen molar-refractivity contribution in [2.45, 2.75) is 48.7 Å². The molecule has 1 saturated heterocycles. The summed E-state index contributed by atoms with van der Waals surface area (Å²) in [5.74, 6) is 0.899. The van der Waals surface area contributed by atoms with E-state index in [9.17, 15) is 13.2 Å². The van der Waals surface area contributed by atoms with Crippen molar-refractivity contribution in [3.63, 3.8) is 0 Å². The van der Waals surface area contributed by atoms with E-state index in [0.29, 0.717) is 12.5 Å². The molecule has 0 unspecified atom stereocenters. The van der Waals surface area contributed by atoms with Crippen LogP contribution in [0.4, 0.5) is 0 Å². The van der Waals surface area contributed by atoms with E-state index < -0.39 is 9.84 Å². The van der Waals surface area contributed by atoms with Crippen LogP contribution in [-0.2, 0) is 14.6 Å². The number of sulfone groups is 1. The van der Waals surface area contributed by atoms with Crippen molar-refractivity contribution >= 4 is 38.8 Å². The molecule has 1 aliphatic heterocycles. The van der Waals surface area contributed by atoms with Gasteiger partial charge in [0.25, 0.3) is 0 Å². The van der Waals surface area contributed by atoms with Crippen molar-refractivity contribution in [3.05, 3.63) is 17.5 Å². The van der Waals surface area contributed by atoms with E-state index in [1.807, 2.05) is 24.4 Å². The summed E-state index contributed by atoms with van der Waals surface area (Å²) in [4.78, 5) is 13.5. The average Bonchev–Trinajstić information content (AvgIpc) is 2.98. The van der Waals surface area contributed by atoms with Gasteiger partial charge in [-0.3, -0.25) is 9.36 Å². The van der Waals surface area contributed by atoms with Crippen LogP contribution in [0, 0.1) is 0 Å². The Bertz CT molecular complexity index is 903. The zero-order chi connectivity index (χ0) is 18.3. The third-order valence-corrected chi connectivity index (χ3v) is 8.24. The summed E-state index contributed by atoms with van der Waals surface area (Å²) in [6.07, 6.45) is 2.70. The first kappa shape index (κ1) is 18.0. The molecule has 1 N–H and O–H groups in total. The van der Waals surface area contributed by atoms with Gasteiger partial charge in [0, 0.05) is 12.1 Å². The highest BCUT2D eigenvalue weighted by molar-refractivity contribution is 8.00. The monoisotopic (exact) mass is 412 g/mol. The lowest BCUT2D eigenvalue weighted by atomic mass is 10.2. The quantitative estimate of drug-likeness (QED) is 0.731. The van der Waals surface area contributed by atoms with E-state index in [-0.39, 0.29) is 28.7 Å². The van der Waals surface area contributed by atoms with Gasteiger partial charge in [0.2, 0.25) is 5.91 Å². The maximum Gasteiger partial charge on any atom is 0.233 e. The highest BCUT2D eigenvalue weighted by atomic mass is 32.2. The Morgan fingerprint density at radius 3 is 2.81 bits per heavy atom. The third kappa shape index (κ3) is 3.81. The van der Waals surface area contributed by atoms with Gasteiger partial charge < -0.3 is 5.32 Å². The summed E-state index contributed by atoms with van der Waals surface area (Å²) in [7, 11) is -3.00.